The smallest absolute Gasteiger partial charge is 0.337 e. The second-order valence-corrected chi connectivity index (χ2v) is 8.50. The molecule has 0 bridgehead atoms. The van der Waals surface area contributed by atoms with Crippen LogP contribution in [-0.2, 0) is 16.1 Å². The number of aromatic nitrogens is 2. The highest BCUT2D eigenvalue weighted by atomic mass is 19.1. The van der Waals surface area contributed by atoms with Crippen molar-refractivity contribution in [3.63, 3.8) is 0 Å². The van der Waals surface area contributed by atoms with E-state index < -0.39 is 35.5 Å². The Labute approximate surface area is 206 Å². The molecule has 0 aliphatic heterocycles. The summed E-state index contributed by atoms with van der Waals surface area (Å²) in [4.78, 5) is 53.8. The molecular formula is C25H28FN5O5. The Bertz CT molecular complexity index is 1370. The molecule has 0 radical (unpaired) electrons. The molecule has 2 aromatic carbocycles. The van der Waals surface area contributed by atoms with Crippen molar-refractivity contribution in [2.75, 3.05) is 36.1 Å². The van der Waals surface area contributed by atoms with E-state index in [1.807, 2.05) is 19.9 Å². The first-order valence-electron chi connectivity index (χ1n) is 11.2. The predicted molar refractivity (Wildman–Crippen MR) is 135 cm³/mol. The van der Waals surface area contributed by atoms with E-state index in [4.69, 9.17) is 5.73 Å². The predicted octanol–water partition coefficient (Wildman–Crippen LogP) is 2.19. The lowest BCUT2D eigenvalue weighted by molar-refractivity contribution is -0.117. The van der Waals surface area contributed by atoms with Crippen LogP contribution in [0.1, 0.15) is 29.8 Å². The van der Waals surface area contributed by atoms with Gasteiger partial charge in [0.1, 0.15) is 11.6 Å². The number of anilines is 3. The number of hydrogen-bond donors (Lipinski definition) is 3. The third-order valence-corrected chi connectivity index (χ3v) is 5.33. The van der Waals surface area contributed by atoms with Gasteiger partial charge in [0, 0.05) is 6.54 Å². The molecule has 36 heavy (non-hydrogen) atoms. The third-order valence-electron chi connectivity index (χ3n) is 5.33. The minimum absolute atomic E-state index is 0.0679. The summed E-state index contributed by atoms with van der Waals surface area (Å²) in [6.07, 6.45) is 0. The van der Waals surface area contributed by atoms with Crippen LogP contribution in [0.5, 0.6) is 0 Å². The maximum Gasteiger partial charge on any atom is 0.337 e. The Balaban J connectivity index is 1.95. The number of methoxy groups -OCH3 is 1. The van der Waals surface area contributed by atoms with E-state index in [0.29, 0.717) is 0 Å². The quantitative estimate of drug-likeness (QED) is 0.385. The average Bonchev–Trinajstić information content (AvgIpc) is 2.85. The highest BCUT2D eigenvalue weighted by Gasteiger charge is 2.25. The van der Waals surface area contributed by atoms with Crippen LogP contribution in [0.25, 0.3) is 0 Å². The molecule has 11 heteroatoms. The number of esters is 1. The second-order valence-electron chi connectivity index (χ2n) is 8.50. The molecule has 0 fully saturated rings. The van der Waals surface area contributed by atoms with E-state index in [1.165, 1.54) is 28.7 Å². The lowest BCUT2D eigenvalue weighted by Crippen LogP contribution is -2.44. The Morgan fingerprint density at radius 2 is 1.86 bits per heavy atom. The van der Waals surface area contributed by atoms with Crippen molar-refractivity contribution in [1.29, 1.82) is 0 Å². The number of nitrogens with zero attached hydrogens (tertiary/aromatic N) is 2. The van der Waals surface area contributed by atoms with Crippen molar-refractivity contribution in [3.8, 4) is 0 Å². The molecule has 0 saturated heterocycles. The summed E-state index contributed by atoms with van der Waals surface area (Å²) in [7, 11) is 1.20. The molecule has 0 aliphatic carbocycles. The fourth-order valence-electron chi connectivity index (χ4n) is 3.62. The number of amides is 1. The Morgan fingerprint density at radius 3 is 2.50 bits per heavy atom. The van der Waals surface area contributed by atoms with Crippen LogP contribution in [0, 0.1) is 11.7 Å². The van der Waals surface area contributed by atoms with Gasteiger partial charge in [0.2, 0.25) is 5.91 Å². The van der Waals surface area contributed by atoms with Gasteiger partial charge in [-0.05, 0) is 29.7 Å². The van der Waals surface area contributed by atoms with Gasteiger partial charge in [-0.15, -0.1) is 0 Å². The minimum Gasteiger partial charge on any atom is -0.465 e. The van der Waals surface area contributed by atoms with Crippen LogP contribution in [-0.4, -0.2) is 41.6 Å². The maximum atomic E-state index is 14.3. The molecular weight excluding hydrogens is 469 g/mol. The van der Waals surface area contributed by atoms with E-state index >= 15 is 0 Å². The number of halogens is 1. The number of hydrogen-bond acceptors (Lipinski definition) is 7. The van der Waals surface area contributed by atoms with Crippen LogP contribution >= 0.6 is 0 Å². The number of rotatable bonds is 9. The summed E-state index contributed by atoms with van der Waals surface area (Å²) in [5.74, 6) is -2.17. The Morgan fingerprint density at radius 1 is 1.17 bits per heavy atom. The highest BCUT2D eigenvalue weighted by molar-refractivity contribution is 5.98. The number of benzene rings is 2. The molecule has 4 N–H and O–H groups in total. The first kappa shape index (κ1) is 26.2. The molecule has 0 saturated carbocycles. The van der Waals surface area contributed by atoms with Crippen molar-refractivity contribution in [2.45, 2.75) is 20.4 Å². The monoisotopic (exact) mass is 497 g/mol. The molecule has 0 unspecified atom stereocenters. The topological polar surface area (TPSA) is 140 Å². The van der Waals surface area contributed by atoms with Gasteiger partial charge >= 0.3 is 11.7 Å². The molecule has 1 amide bonds. The molecule has 190 valence electrons. The highest BCUT2D eigenvalue weighted by Crippen LogP contribution is 2.21. The van der Waals surface area contributed by atoms with Gasteiger partial charge in [-0.2, -0.15) is 0 Å². The van der Waals surface area contributed by atoms with E-state index in [2.05, 4.69) is 15.0 Å². The summed E-state index contributed by atoms with van der Waals surface area (Å²) in [5.41, 5.74) is 5.36. The number of carbonyl (C=O) groups is 2. The lowest BCUT2D eigenvalue weighted by Gasteiger charge is -2.26. The molecule has 1 heterocycles. The SMILES string of the molecule is COC(=O)c1ccc(F)c(NCC(=O)N(CC(C)C)c2c(N)n(Cc3ccccc3)c(=O)[nH]c2=O)c1. The molecule has 10 nitrogen and oxygen atoms in total. The zero-order valence-corrected chi connectivity index (χ0v) is 20.2. The van der Waals surface area contributed by atoms with Gasteiger partial charge < -0.3 is 20.7 Å². The van der Waals surface area contributed by atoms with E-state index in [9.17, 15) is 23.6 Å². The van der Waals surface area contributed by atoms with Crippen molar-refractivity contribution in [1.82, 2.24) is 9.55 Å². The standard InChI is InChI=1S/C25H28FN5O5/c1-15(2)13-30(20(32)12-28-19-11-17(24(34)36-3)9-10-18(19)26)21-22(27)31(25(35)29-23(21)33)14-16-7-5-4-6-8-16/h4-11,15,28H,12-14,27H2,1-3H3,(H,29,33,35). The third kappa shape index (κ3) is 5.98. The van der Waals surface area contributed by atoms with Crippen LogP contribution < -0.4 is 27.2 Å². The zero-order valence-electron chi connectivity index (χ0n) is 20.2. The summed E-state index contributed by atoms with van der Waals surface area (Å²) < 4.78 is 20.1. The van der Waals surface area contributed by atoms with Crippen molar-refractivity contribution in [3.05, 3.63) is 86.3 Å². The lowest BCUT2D eigenvalue weighted by atomic mass is 10.1. The van der Waals surface area contributed by atoms with Gasteiger partial charge in [0.15, 0.2) is 5.69 Å². The molecule has 0 spiro atoms. The number of nitrogens with two attached hydrogens (primary N) is 1. The summed E-state index contributed by atoms with van der Waals surface area (Å²) in [6, 6.07) is 12.6. The van der Waals surface area contributed by atoms with Crippen LogP contribution in [0.15, 0.2) is 58.1 Å². The number of carbonyl (C=O) groups excluding carboxylic acids is 2. The van der Waals surface area contributed by atoms with Crippen molar-refractivity contribution < 1.29 is 18.7 Å². The summed E-state index contributed by atoms with van der Waals surface area (Å²) in [6.45, 7) is 3.48. The average molecular weight is 498 g/mol. The van der Waals surface area contributed by atoms with Crippen molar-refractivity contribution in [2.24, 2.45) is 5.92 Å². The van der Waals surface area contributed by atoms with E-state index in [1.54, 1.807) is 24.3 Å². The molecule has 0 aliphatic rings. The molecule has 3 rings (SSSR count). The Hall–Kier alpha value is -4.41. The van der Waals surface area contributed by atoms with Crippen LogP contribution in [0.3, 0.4) is 0 Å². The van der Waals surface area contributed by atoms with Crippen LogP contribution in [0.2, 0.25) is 0 Å². The first-order valence-corrected chi connectivity index (χ1v) is 11.2. The second kappa shape index (κ2) is 11.3. The number of nitrogens with one attached hydrogen (secondary N) is 2. The number of nitrogen functional groups attached to an aromatic ring is 1. The Kier molecular flexibility index (Phi) is 8.26. The minimum atomic E-state index is -0.810. The molecule has 3 aromatic rings. The van der Waals surface area contributed by atoms with Gasteiger partial charge in [0.05, 0.1) is 31.5 Å². The van der Waals surface area contributed by atoms with Gasteiger partial charge in [0.25, 0.3) is 5.56 Å². The largest absolute Gasteiger partial charge is 0.465 e. The van der Waals surface area contributed by atoms with Gasteiger partial charge in [-0.3, -0.25) is 19.1 Å². The zero-order chi connectivity index (χ0) is 26.4. The van der Waals surface area contributed by atoms with Gasteiger partial charge in [-0.25, -0.2) is 14.0 Å². The number of H-pyrrole nitrogens is 1. The fourth-order valence-corrected chi connectivity index (χ4v) is 3.62. The first-order chi connectivity index (χ1) is 17.1. The molecule has 1 aromatic heterocycles. The van der Waals surface area contributed by atoms with E-state index in [0.717, 1.165) is 11.6 Å². The maximum absolute atomic E-state index is 14.3. The fraction of sp³-hybridized carbons (Fsp3) is 0.280. The summed E-state index contributed by atoms with van der Waals surface area (Å²) in [5, 5.41) is 2.66. The summed E-state index contributed by atoms with van der Waals surface area (Å²) >= 11 is 0. The van der Waals surface area contributed by atoms with E-state index in [-0.39, 0.29) is 41.8 Å². The van der Waals surface area contributed by atoms with Gasteiger partial charge in [-0.1, -0.05) is 44.2 Å². The van der Waals surface area contributed by atoms with Crippen LogP contribution in [0.4, 0.5) is 21.6 Å². The normalized spacial score (nSPS) is 10.8. The number of ether oxygens (including phenoxy) is 1. The number of aromatic amines is 1. The molecule has 0 atom stereocenters. The van der Waals surface area contributed by atoms with Crippen molar-refractivity contribution >= 4 is 29.1 Å².